The smallest absolute Gasteiger partial charge is 0.410 e. The monoisotopic (exact) mass is 688 g/mol. The second kappa shape index (κ2) is 13.4. The minimum Gasteiger partial charge on any atom is -0.444 e. The van der Waals surface area contributed by atoms with E-state index >= 15 is 4.39 Å². The highest BCUT2D eigenvalue weighted by molar-refractivity contribution is 6.74. The average molecular weight is 689 g/mol. The molecule has 0 spiro atoms. The van der Waals surface area contributed by atoms with Crippen LogP contribution in [0.2, 0.25) is 23.3 Å². The highest BCUT2D eigenvalue weighted by Crippen LogP contribution is 2.37. The number of carbonyl (C=O) groups is 1. The Morgan fingerprint density at radius 3 is 2.36 bits per heavy atom. The van der Waals surface area contributed by atoms with E-state index in [0.29, 0.717) is 42.9 Å². The van der Waals surface area contributed by atoms with E-state index in [1.807, 2.05) is 59.4 Å². The number of piperazine rings is 1. The van der Waals surface area contributed by atoms with Gasteiger partial charge in [-0.25, -0.2) is 23.5 Å². The van der Waals surface area contributed by atoms with Crippen molar-refractivity contribution in [2.45, 2.75) is 117 Å². The Balaban J connectivity index is 1.85. The van der Waals surface area contributed by atoms with Crippen molar-refractivity contribution in [2.75, 3.05) is 24.6 Å². The molecule has 0 aliphatic carbocycles. The summed E-state index contributed by atoms with van der Waals surface area (Å²) >= 11 is 6.29. The first-order valence-corrected chi connectivity index (χ1v) is 19.6. The van der Waals surface area contributed by atoms with Crippen molar-refractivity contribution >= 4 is 42.9 Å². The Labute approximate surface area is 283 Å². The van der Waals surface area contributed by atoms with Gasteiger partial charge in [0.05, 0.1) is 16.8 Å². The first-order valence-electron chi connectivity index (χ1n) is 16.3. The van der Waals surface area contributed by atoms with E-state index in [0.717, 1.165) is 5.56 Å². The molecule has 2 atom stereocenters. The van der Waals surface area contributed by atoms with Crippen LogP contribution in [-0.2, 0) is 15.6 Å². The molecule has 4 heterocycles. The third-order valence-corrected chi connectivity index (χ3v) is 13.9. The number of amides is 1. The van der Waals surface area contributed by atoms with Crippen LogP contribution >= 0.6 is 11.6 Å². The predicted octanol–water partition coefficient (Wildman–Crippen LogP) is 7.49. The van der Waals surface area contributed by atoms with Crippen LogP contribution in [-0.4, -0.2) is 76.2 Å². The Hall–Kier alpha value is -3.09. The number of anilines is 1. The van der Waals surface area contributed by atoms with Gasteiger partial charge >= 0.3 is 11.8 Å². The molecule has 3 aromatic rings. The molecule has 1 amide bonds. The fourth-order valence-corrected chi connectivity index (χ4v) is 6.71. The molecule has 1 aliphatic heterocycles. The van der Waals surface area contributed by atoms with Crippen LogP contribution in [0.1, 0.15) is 86.4 Å². The first-order chi connectivity index (χ1) is 21.6. The van der Waals surface area contributed by atoms with Gasteiger partial charge in [-0.1, -0.05) is 46.2 Å². The summed E-state index contributed by atoms with van der Waals surface area (Å²) in [5, 5.41) is 0.0250. The number of aromatic nitrogens is 4. The lowest BCUT2D eigenvalue weighted by Gasteiger charge is -2.44. The lowest BCUT2D eigenvalue weighted by atomic mass is 10.0. The maximum Gasteiger partial charge on any atom is 0.410 e. The molecule has 0 aromatic carbocycles. The number of carbonyl (C=O) groups excluding carboxylic acids is 1. The van der Waals surface area contributed by atoms with Crippen molar-refractivity contribution in [3.8, 4) is 5.69 Å². The fraction of sp³-hybridized carbons (Fsp3) is 0.618. The maximum atomic E-state index is 15.2. The van der Waals surface area contributed by atoms with Gasteiger partial charge in [0.25, 0.3) is 0 Å². The van der Waals surface area contributed by atoms with Gasteiger partial charge in [0.1, 0.15) is 11.4 Å². The Morgan fingerprint density at radius 2 is 1.77 bits per heavy atom. The molecule has 13 heteroatoms. The van der Waals surface area contributed by atoms with Crippen LogP contribution < -0.4 is 10.6 Å². The van der Waals surface area contributed by atoms with Gasteiger partial charge in [-0.2, -0.15) is 4.98 Å². The summed E-state index contributed by atoms with van der Waals surface area (Å²) in [7, 11) is -2.03. The summed E-state index contributed by atoms with van der Waals surface area (Å²) in [5.74, 6) is -0.491. The van der Waals surface area contributed by atoms with Gasteiger partial charge in [-0.05, 0) is 82.8 Å². The molecule has 10 nitrogen and oxygen atoms in total. The Bertz CT molecular complexity index is 1700. The van der Waals surface area contributed by atoms with E-state index in [9.17, 15) is 9.59 Å². The van der Waals surface area contributed by atoms with Crippen LogP contribution in [0.5, 0.6) is 0 Å². The summed E-state index contributed by atoms with van der Waals surface area (Å²) in [6.07, 6.45) is 1.85. The van der Waals surface area contributed by atoms with Gasteiger partial charge < -0.3 is 19.0 Å². The number of nitrogens with zero attached hydrogens (tertiary/aromatic N) is 6. The molecule has 3 aromatic heterocycles. The molecular formula is C34H50ClFN6O4Si. The van der Waals surface area contributed by atoms with Crippen LogP contribution in [0.3, 0.4) is 0 Å². The number of hydrogen-bond acceptors (Lipinski definition) is 8. The molecule has 47 heavy (non-hydrogen) atoms. The molecule has 4 rings (SSSR count). The molecule has 0 bridgehead atoms. The lowest BCUT2D eigenvalue weighted by molar-refractivity contribution is 0.0130. The topological polar surface area (TPSA) is 103 Å². The zero-order valence-electron chi connectivity index (χ0n) is 29.9. The summed E-state index contributed by atoms with van der Waals surface area (Å²) < 4.78 is 28.7. The van der Waals surface area contributed by atoms with Crippen LogP contribution in [0.4, 0.5) is 15.0 Å². The SMILES string of the molecule is CC(C)c1nccc(CCO[Si](C)(C)C(C)(C)C)c1-n1c(=O)nc(N2C[C@H](C)N(C(=O)OC(C)(C)C)C[C@@H]2C)c2cc(F)c(Cl)nc21. The molecular weight excluding hydrogens is 639 g/mol. The van der Waals surface area contributed by atoms with Gasteiger partial charge in [-0.3, -0.25) is 4.98 Å². The minimum absolute atomic E-state index is 0.0435. The summed E-state index contributed by atoms with van der Waals surface area (Å²) in [4.78, 5) is 44.5. The number of rotatable bonds is 7. The standard InChI is InChI=1S/C34H50ClFN6O4Si/c1-20(2)26-27(23(13-15-37-26)14-16-45-47(11,12)34(8,9)10)42-30-24(17-25(36)28(35)38-30)29(39-31(42)43)40-18-22(4)41(19-21(40)3)32(44)46-33(5,6)7/h13,15,17,20-22H,14,16,18-19H2,1-12H3/t21-,22-/m0/s1. The normalized spacial score (nSPS) is 17.9. The molecule has 1 aliphatic rings. The highest BCUT2D eigenvalue weighted by atomic mass is 35.5. The van der Waals surface area contributed by atoms with Crippen LogP contribution in [0.25, 0.3) is 16.7 Å². The van der Waals surface area contributed by atoms with Crippen LogP contribution in [0, 0.1) is 5.82 Å². The number of halogens is 2. The number of ether oxygens (including phenoxy) is 1. The third kappa shape index (κ3) is 7.81. The average Bonchev–Trinajstić information content (AvgIpc) is 2.93. The number of hydrogen-bond donors (Lipinski definition) is 0. The van der Waals surface area contributed by atoms with Gasteiger partial charge in [0.2, 0.25) is 0 Å². The van der Waals surface area contributed by atoms with Crippen molar-refractivity contribution in [1.82, 2.24) is 24.4 Å². The lowest BCUT2D eigenvalue weighted by Crippen LogP contribution is -2.59. The zero-order chi connectivity index (χ0) is 35.2. The quantitative estimate of drug-likeness (QED) is 0.186. The summed E-state index contributed by atoms with van der Waals surface area (Å²) in [5.41, 5.74) is 1.04. The molecule has 0 unspecified atom stereocenters. The molecule has 0 saturated carbocycles. The second-order valence-electron chi connectivity index (χ2n) is 15.4. The van der Waals surface area contributed by atoms with Crippen molar-refractivity contribution in [1.29, 1.82) is 0 Å². The zero-order valence-corrected chi connectivity index (χ0v) is 31.6. The van der Waals surface area contributed by atoms with E-state index in [2.05, 4.69) is 48.8 Å². The van der Waals surface area contributed by atoms with Crippen molar-refractivity contribution in [3.05, 3.63) is 51.0 Å². The first kappa shape index (κ1) is 36.7. The third-order valence-electron chi connectivity index (χ3n) is 9.09. The van der Waals surface area contributed by atoms with E-state index in [1.165, 1.54) is 10.6 Å². The largest absolute Gasteiger partial charge is 0.444 e. The predicted molar refractivity (Wildman–Crippen MR) is 188 cm³/mol. The highest BCUT2D eigenvalue weighted by Gasteiger charge is 2.38. The van der Waals surface area contributed by atoms with E-state index in [4.69, 9.17) is 20.8 Å². The molecule has 0 radical (unpaired) electrons. The number of pyridine rings is 2. The van der Waals surface area contributed by atoms with Crippen molar-refractivity contribution < 1.29 is 18.3 Å². The van der Waals surface area contributed by atoms with Crippen molar-refractivity contribution in [2.24, 2.45) is 0 Å². The molecule has 1 fully saturated rings. The molecule has 1 saturated heterocycles. The minimum atomic E-state index is -2.03. The van der Waals surface area contributed by atoms with E-state index in [-0.39, 0.29) is 39.7 Å². The van der Waals surface area contributed by atoms with E-state index < -0.39 is 31.5 Å². The molecule has 0 N–H and O–H groups in total. The maximum absolute atomic E-state index is 15.2. The number of fused-ring (bicyclic) bond motifs is 1. The summed E-state index contributed by atoms with van der Waals surface area (Å²) in [6, 6.07) is 2.62. The van der Waals surface area contributed by atoms with Crippen LogP contribution in [0.15, 0.2) is 23.1 Å². The summed E-state index contributed by atoms with van der Waals surface area (Å²) in [6.45, 7) is 25.4. The van der Waals surface area contributed by atoms with Crippen molar-refractivity contribution in [3.63, 3.8) is 0 Å². The van der Waals surface area contributed by atoms with E-state index in [1.54, 1.807) is 11.1 Å². The fourth-order valence-electron chi connectivity index (χ4n) is 5.53. The Kier molecular flexibility index (Phi) is 10.5. The van der Waals surface area contributed by atoms with Gasteiger partial charge in [-0.15, -0.1) is 0 Å². The Morgan fingerprint density at radius 1 is 1.11 bits per heavy atom. The second-order valence-corrected chi connectivity index (χ2v) is 20.6. The van der Waals surface area contributed by atoms with Gasteiger partial charge in [0, 0.05) is 38.0 Å². The molecule has 258 valence electrons. The van der Waals surface area contributed by atoms with Gasteiger partial charge in [0.15, 0.2) is 24.9 Å².